The van der Waals surface area contributed by atoms with Crippen LogP contribution in [0.2, 0.25) is 0 Å². The number of nitrogens with one attached hydrogen (secondary N) is 1. The average Bonchev–Trinajstić information content (AvgIpc) is 2.87. The zero-order valence-corrected chi connectivity index (χ0v) is 8.23. The van der Waals surface area contributed by atoms with Gasteiger partial charge in [0.1, 0.15) is 0 Å². The Morgan fingerprint density at radius 3 is 2.93 bits per heavy atom. The molecule has 4 heteroatoms. The molecule has 0 fully saturated rings. The molecule has 15 heavy (non-hydrogen) atoms. The molecule has 2 aromatic heterocycles. The lowest BCUT2D eigenvalue weighted by Crippen LogP contribution is -1.93. The Morgan fingerprint density at radius 2 is 2.20 bits per heavy atom. The maximum Gasteiger partial charge on any atom is 0.177 e. The van der Waals surface area contributed by atoms with Crippen LogP contribution in [0.25, 0.3) is 22.7 Å². The van der Waals surface area contributed by atoms with Gasteiger partial charge >= 0.3 is 0 Å². The van der Waals surface area contributed by atoms with Gasteiger partial charge in [0.15, 0.2) is 11.6 Å². The van der Waals surface area contributed by atoms with Crippen LogP contribution in [0.5, 0.6) is 0 Å². The highest BCUT2D eigenvalue weighted by Crippen LogP contribution is 2.19. The predicted octanol–water partition coefficient (Wildman–Crippen LogP) is 1.76. The van der Waals surface area contributed by atoms with Crippen LogP contribution in [0.4, 0.5) is 0 Å². The molecular weight excluding hydrogens is 188 g/mol. The van der Waals surface area contributed by atoms with Crippen molar-refractivity contribution in [1.29, 1.82) is 0 Å². The number of aromatic nitrogens is 4. The summed E-state index contributed by atoms with van der Waals surface area (Å²) < 4.78 is 2.02. The fourth-order valence-corrected chi connectivity index (χ4v) is 1.70. The van der Waals surface area contributed by atoms with E-state index in [1.807, 2.05) is 35.9 Å². The van der Waals surface area contributed by atoms with Crippen LogP contribution in [0.15, 0.2) is 30.5 Å². The quantitative estimate of drug-likeness (QED) is 0.646. The van der Waals surface area contributed by atoms with Crippen molar-refractivity contribution in [2.75, 3.05) is 0 Å². The van der Waals surface area contributed by atoms with Crippen molar-refractivity contribution in [3.05, 3.63) is 36.7 Å². The fraction of sp³-hybridized carbons (Fsp3) is 0.0909. The number of benzene rings is 1. The largest absolute Gasteiger partial charge is 0.334 e. The summed E-state index contributed by atoms with van der Waals surface area (Å²) in [5.74, 6) is 1.58. The van der Waals surface area contributed by atoms with Gasteiger partial charge in [0.05, 0.1) is 23.4 Å². The highest BCUT2D eigenvalue weighted by molar-refractivity contribution is 5.79. The van der Waals surface area contributed by atoms with Crippen molar-refractivity contribution in [3.63, 3.8) is 0 Å². The number of aryl methyl sites for hydroxylation is 1. The molecule has 0 aliphatic rings. The predicted molar refractivity (Wildman–Crippen MR) is 57.1 cm³/mol. The lowest BCUT2D eigenvalue weighted by molar-refractivity contribution is 0.944. The molecule has 73 valence electrons. The number of imidazole rings is 2. The fourth-order valence-electron chi connectivity index (χ4n) is 1.70. The van der Waals surface area contributed by atoms with E-state index < -0.39 is 0 Å². The standard InChI is InChI=1S/C11H9N4/c1-15-9-5-3-2-4-8(9)14-11(15)10-12-6-7-13-10/h2-6H,1H3,(H,12,13). The normalized spacial score (nSPS) is 11.0. The first kappa shape index (κ1) is 8.23. The van der Waals surface area contributed by atoms with Gasteiger partial charge in [0.2, 0.25) is 0 Å². The van der Waals surface area contributed by atoms with Crippen molar-refractivity contribution in [2.45, 2.75) is 0 Å². The number of rotatable bonds is 1. The van der Waals surface area contributed by atoms with Gasteiger partial charge in [-0.25, -0.2) is 9.97 Å². The molecule has 4 nitrogen and oxygen atoms in total. The molecule has 3 rings (SSSR count). The molecule has 0 saturated heterocycles. The van der Waals surface area contributed by atoms with E-state index in [4.69, 9.17) is 0 Å². The number of fused-ring (bicyclic) bond motifs is 1. The number of hydrogen-bond acceptors (Lipinski definition) is 2. The average molecular weight is 197 g/mol. The molecule has 1 N–H and O–H groups in total. The molecule has 0 atom stereocenters. The third-order valence-electron chi connectivity index (χ3n) is 2.45. The first-order valence-electron chi connectivity index (χ1n) is 4.69. The van der Waals surface area contributed by atoms with Crippen LogP contribution in [0, 0.1) is 6.20 Å². The maximum absolute atomic E-state index is 4.50. The summed E-state index contributed by atoms with van der Waals surface area (Å²) >= 11 is 0. The first-order chi connectivity index (χ1) is 7.36. The van der Waals surface area contributed by atoms with E-state index >= 15 is 0 Å². The topological polar surface area (TPSA) is 46.5 Å². The molecule has 2 heterocycles. The van der Waals surface area contributed by atoms with E-state index in [1.54, 1.807) is 6.20 Å². The molecule has 0 unspecified atom stereocenters. The van der Waals surface area contributed by atoms with Gasteiger partial charge in [-0.1, -0.05) is 12.1 Å². The van der Waals surface area contributed by atoms with Crippen LogP contribution < -0.4 is 0 Å². The minimum absolute atomic E-state index is 0.744. The summed E-state index contributed by atoms with van der Waals surface area (Å²) in [6, 6.07) is 8.01. The summed E-state index contributed by atoms with van der Waals surface area (Å²) in [5, 5.41) is 0. The zero-order chi connectivity index (χ0) is 10.3. The molecular formula is C11H9N4. The molecule has 0 saturated carbocycles. The van der Waals surface area contributed by atoms with E-state index in [1.165, 1.54) is 0 Å². The molecule has 0 aliphatic carbocycles. The SMILES string of the molecule is Cn1c(-c2nc[c][nH]2)nc2ccccc21. The molecule has 0 spiro atoms. The third kappa shape index (κ3) is 1.15. The van der Waals surface area contributed by atoms with Crippen molar-refractivity contribution in [1.82, 2.24) is 19.5 Å². The number of aromatic amines is 1. The number of nitrogens with zero attached hydrogens (tertiary/aromatic N) is 3. The van der Waals surface area contributed by atoms with E-state index in [2.05, 4.69) is 21.1 Å². The van der Waals surface area contributed by atoms with Gasteiger partial charge in [-0.2, -0.15) is 0 Å². The lowest BCUT2D eigenvalue weighted by Gasteiger charge is -1.97. The van der Waals surface area contributed by atoms with Crippen molar-refractivity contribution in [2.24, 2.45) is 7.05 Å². The van der Waals surface area contributed by atoms with Crippen molar-refractivity contribution < 1.29 is 0 Å². The summed E-state index contributed by atoms with van der Waals surface area (Å²) in [6.07, 6.45) is 4.42. The van der Waals surface area contributed by atoms with Crippen LogP contribution in [0.3, 0.4) is 0 Å². The van der Waals surface area contributed by atoms with Gasteiger partial charge in [-0.05, 0) is 12.1 Å². The zero-order valence-electron chi connectivity index (χ0n) is 8.23. The Balaban J connectivity index is 2.33. The molecule has 1 aromatic carbocycles. The van der Waals surface area contributed by atoms with Gasteiger partial charge in [-0.15, -0.1) is 0 Å². The van der Waals surface area contributed by atoms with Crippen LogP contribution in [0.1, 0.15) is 0 Å². The minimum Gasteiger partial charge on any atom is -0.334 e. The Labute approximate surface area is 86.6 Å². The van der Waals surface area contributed by atoms with E-state index in [9.17, 15) is 0 Å². The van der Waals surface area contributed by atoms with Crippen LogP contribution in [-0.4, -0.2) is 19.5 Å². The highest BCUT2D eigenvalue weighted by atomic mass is 15.1. The van der Waals surface area contributed by atoms with Crippen LogP contribution in [-0.2, 0) is 7.05 Å². The molecule has 3 aromatic rings. The Bertz CT molecular complexity index is 592. The number of hydrogen-bond donors (Lipinski definition) is 1. The Morgan fingerprint density at radius 1 is 1.33 bits per heavy atom. The maximum atomic E-state index is 4.50. The summed E-state index contributed by atoms with van der Waals surface area (Å²) in [7, 11) is 1.98. The molecule has 0 aliphatic heterocycles. The second-order valence-electron chi connectivity index (χ2n) is 3.36. The van der Waals surface area contributed by atoms with Crippen LogP contribution >= 0.6 is 0 Å². The van der Waals surface area contributed by atoms with Crippen molar-refractivity contribution >= 4 is 11.0 Å². The van der Waals surface area contributed by atoms with Gasteiger partial charge in [0.25, 0.3) is 0 Å². The van der Waals surface area contributed by atoms with E-state index in [-0.39, 0.29) is 0 Å². The molecule has 0 amide bonds. The molecule has 1 radical (unpaired) electrons. The number of para-hydroxylation sites is 2. The number of H-pyrrole nitrogens is 1. The molecule has 0 bridgehead atoms. The van der Waals surface area contributed by atoms with Gasteiger partial charge in [0, 0.05) is 7.05 Å². The first-order valence-corrected chi connectivity index (χ1v) is 4.69. The summed E-state index contributed by atoms with van der Waals surface area (Å²) in [5.41, 5.74) is 2.08. The summed E-state index contributed by atoms with van der Waals surface area (Å²) in [4.78, 5) is 11.6. The second-order valence-corrected chi connectivity index (χ2v) is 3.36. The monoisotopic (exact) mass is 197 g/mol. The summed E-state index contributed by atoms with van der Waals surface area (Å²) in [6.45, 7) is 0. The third-order valence-corrected chi connectivity index (χ3v) is 2.45. The van der Waals surface area contributed by atoms with Gasteiger partial charge < -0.3 is 9.55 Å². The van der Waals surface area contributed by atoms with E-state index in [0.717, 1.165) is 22.7 Å². The van der Waals surface area contributed by atoms with E-state index in [0.29, 0.717) is 0 Å². The lowest BCUT2D eigenvalue weighted by atomic mass is 10.3. The Hall–Kier alpha value is -2.10. The minimum atomic E-state index is 0.744. The smallest absolute Gasteiger partial charge is 0.177 e. The highest BCUT2D eigenvalue weighted by Gasteiger charge is 2.10. The van der Waals surface area contributed by atoms with Crippen molar-refractivity contribution in [3.8, 4) is 11.6 Å². The second kappa shape index (κ2) is 2.95. The Kier molecular flexibility index (Phi) is 1.62. The van der Waals surface area contributed by atoms with Gasteiger partial charge in [-0.3, -0.25) is 0 Å².